The molecule has 0 saturated carbocycles. The molecule has 0 rings (SSSR count). The summed E-state index contributed by atoms with van der Waals surface area (Å²) < 4.78 is 5.16. The summed E-state index contributed by atoms with van der Waals surface area (Å²) in [6.45, 7) is 9.45. The van der Waals surface area contributed by atoms with E-state index in [0.29, 0.717) is 13.1 Å². The molecule has 0 fully saturated rings. The number of amides is 2. The standard InChI is InChI=1S/C14H27N3O5/c1-7-16(8-2)12(19)22-17(10-9-11(18)15-6)13(20)21-14(3,4)5/h7-10H2,1-6H3,(H,15,18)/p-1. The van der Waals surface area contributed by atoms with E-state index in [1.807, 2.05) is 0 Å². The fourth-order valence-electron chi connectivity index (χ4n) is 1.43. The van der Waals surface area contributed by atoms with Crippen molar-refractivity contribution in [1.82, 2.24) is 9.96 Å². The van der Waals surface area contributed by atoms with Gasteiger partial charge in [-0.1, -0.05) is 0 Å². The molecule has 8 nitrogen and oxygen atoms in total. The number of hydrogen-bond donors (Lipinski definition) is 0. The molecule has 0 aromatic heterocycles. The molecule has 0 unspecified atom stereocenters. The summed E-state index contributed by atoms with van der Waals surface area (Å²) in [6.07, 6.45) is -1.55. The molecule has 0 atom stereocenters. The number of ether oxygens (including phenoxy) is 1. The number of aliphatic imine (C=N–C) groups is 1. The Hall–Kier alpha value is -1.99. The quantitative estimate of drug-likeness (QED) is 0.434. The molecule has 2 amide bonds. The van der Waals surface area contributed by atoms with Crippen molar-refractivity contribution >= 4 is 18.1 Å². The van der Waals surface area contributed by atoms with Crippen molar-refractivity contribution in [1.29, 1.82) is 0 Å². The first-order chi connectivity index (χ1) is 10.1. The molecule has 22 heavy (non-hydrogen) atoms. The van der Waals surface area contributed by atoms with Crippen LogP contribution in [-0.4, -0.2) is 60.3 Å². The topological polar surface area (TPSA) is 94.5 Å². The minimum absolute atomic E-state index is 0.0543. The molecule has 0 aliphatic heterocycles. The Morgan fingerprint density at radius 2 is 1.68 bits per heavy atom. The number of carbonyl (C=O) groups is 2. The van der Waals surface area contributed by atoms with Gasteiger partial charge in [0.25, 0.3) is 0 Å². The lowest BCUT2D eigenvalue weighted by atomic mass is 10.2. The summed E-state index contributed by atoms with van der Waals surface area (Å²) >= 11 is 0. The maximum Gasteiger partial charge on any atom is 0.443 e. The number of carbonyl (C=O) groups excluding carboxylic acids is 2. The third-order valence-electron chi connectivity index (χ3n) is 2.59. The zero-order valence-electron chi connectivity index (χ0n) is 14.2. The van der Waals surface area contributed by atoms with Crippen molar-refractivity contribution in [3.8, 4) is 0 Å². The second-order valence-corrected chi connectivity index (χ2v) is 5.48. The lowest BCUT2D eigenvalue weighted by Crippen LogP contribution is -2.43. The molecule has 0 N–H and O–H groups in total. The molecule has 0 aliphatic rings. The van der Waals surface area contributed by atoms with Gasteiger partial charge in [-0.25, -0.2) is 9.59 Å². The van der Waals surface area contributed by atoms with E-state index in [-0.39, 0.29) is 13.0 Å². The van der Waals surface area contributed by atoms with Crippen LogP contribution >= 0.6 is 0 Å². The van der Waals surface area contributed by atoms with E-state index in [9.17, 15) is 14.7 Å². The normalized spacial score (nSPS) is 11.8. The average Bonchev–Trinajstić information content (AvgIpc) is 2.42. The Morgan fingerprint density at radius 3 is 2.09 bits per heavy atom. The van der Waals surface area contributed by atoms with Crippen LogP contribution in [0.4, 0.5) is 9.59 Å². The molecule has 0 bridgehead atoms. The van der Waals surface area contributed by atoms with Crippen LogP contribution in [0.25, 0.3) is 0 Å². The summed E-state index contributed by atoms with van der Waals surface area (Å²) in [6, 6.07) is 0. The van der Waals surface area contributed by atoms with Crippen molar-refractivity contribution in [2.75, 3.05) is 26.7 Å². The summed E-state index contributed by atoms with van der Waals surface area (Å²) in [5, 5.41) is 12.0. The summed E-state index contributed by atoms with van der Waals surface area (Å²) in [5.41, 5.74) is -0.740. The Labute approximate surface area is 131 Å². The smallest absolute Gasteiger partial charge is 0.443 e. The predicted molar refractivity (Wildman–Crippen MR) is 80.3 cm³/mol. The minimum Gasteiger partial charge on any atom is -0.862 e. The van der Waals surface area contributed by atoms with Crippen molar-refractivity contribution in [3.05, 3.63) is 0 Å². The second-order valence-electron chi connectivity index (χ2n) is 5.48. The lowest BCUT2D eigenvalue weighted by Gasteiger charge is -2.28. The van der Waals surface area contributed by atoms with Crippen LogP contribution in [0.5, 0.6) is 0 Å². The zero-order valence-corrected chi connectivity index (χ0v) is 14.2. The molecule has 0 heterocycles. The number of hydrogen-bond acceptors (Lipinski definition) is 6. The van der Waals surface area contributed by atoms with Gasteiger partial charge in [0.15, 0.2) is 0 Å². The van der Waals surface area contributed by atoms with Crippen molar-refractivity contribution < 1.29 is 24.3 Å². The third-order valence-corrected chi connectivity index (χ3v) is 2.59. The summed E-state index contributed by atoms with van der Waals surface area (Å²) in [5.74, 6) is -0.396. The van der Waals surface area contributed by atoms with E-state index >= 15 is 0 Å². The highest BCUT2D eigenvalue weighted by molar-refractivity contribution is 5.74. The van der Waals surface area contributed by atoms with Crippen molar-refractivity contribution in [3.63, 3.8) is 0 Å². The van der Waals surface area contributed by atoms with E-state index in [1.54, 1.807) is 34.6 Å². The van der Waals surface area contributed by atoms with Crippen molar-refractivity contribution in [2.45, 2.75) is 46.6 Å². The lowest BCUT2D eigenvalue weighted by molar-refractivity contribution is -0.220. The molecule has 0 aromatic rings. The zero-order chi connectivity index (χ0) is 17.3. The van der Waals surface area contributed by atoms with Gasteiger partial charge >= 0.3 is 12.2 Å². The van der Waals surface area contributed by atoms with Crippen LogP contribution in [0.1, 0.15) is 41.0 Å². The molecule has 0 aromatic carbocycles. The summed E-state index contributed by atoms with van der Waals surface area (Å²) in [4.78, 5) is 33.9. The van der Waals surface area contributed by atoms with Crippen LogP contribution in [0, 0.1) is 0 Å². The van der Waals surface area contributed by atoms with Gasteiger partial charge in [-0.05, 0) is 46.9 Å². The van der Waals surface area contributed by atoms with E-state index < -0.39 is 23.7 Å². The first-order valence-corrected chi connectivity index (χ1v) is 7.24. The van der Waals surface area contributed by atoms with Crippen LogP contribution < -0.4 is 5.11 Å². The highest BCUT2D eigenvalue weighted by Gasteiger charge is 2.26. The van der Waals surface area contributed by atoms with Gasteiger partial charge in [-0.2, -0.15) is 0 Å². The van der Waals surface area contributed by atoms with Gasteiger partial charge in [0.05, 0.1) is 6.54 Å². The predicted octanol–water partition coefficient (Wildman–Crippen LogP) is 1.40. The van der Waals surface area contributed by atoms with E-state index in [2.05, 4.69) is 4.99 Å². The summed E-state index contributed by atoms with van der Waals surface area (Å²) in [7, 11) is 1.36. The third kappa shape index (κ3) is 7.70. The Balaban J connectivity index is 4.92. The van der Waals surface area contributed by atoms with Gasteiger partial charge in [0.1, 0.15) is 5.60 Å². The molecule has 8 heteroatoms. The fourth-order valence-corrected chi connectivity index (χ4v) is 1.43. The molecule has 0 radical (unpaired) electrons. The maximum atomic E-state index is 12.1. The number of rotatable bonds is 5. The fraction of sp³-hybridized carbons (Fsp3) is 0.786. The molecule has 0 saturated heterocycles. The van der Waals surface area contributed by atoms with Gasteiger partial charge in [0.2, 0.25) is 0 Å². The molecule has 0 spiro atoms. The Morgan fingerprint density at radius 1 is 1.14 bits per heavy atom. The van der Waals surface area contributed by atoms with Crippen molar-refractivity contribution in [2.24, 2.45) is 4.99 Å². The molecule has 128 valence electrons. The largest absolute Gasteiger partial charge is 0.862 e. The van der Waals surface area contributed by atoms with E-state index in [0.717, 1.165) is 5.06 Å². The second kappa shape index (κ2) is 9.11. The monoisotopic (exact) mass is 316 g/mol. The van der Waals surface area contributed by atoms with Crippen LogP contribution in [-0.2, 0) is 9.57 Å². The van der Waals surface area contributed by atoms with Crippen LogP contribution in [0.15, 0.2) is 4.99 Å². The van der Waals surface area contributed by atoms with E-state index in [4.69, 9.17) is 9.57 Å². The highest BCUT2D eigenvalue weighted by Crippen LogP contribution is 2.11. The maximum absolute atomic E-state index is 12.1. The molecular formula is C14H26N3O5-. The minimum atomic E-state index is -0.822. The first kappa shape index (κ1) is 20.0. The number of hydroxylamine groups is 2. The Bertz CT molecular complexity index is 400. The van der Waals surface area contributed by atoms with Gasteiger partial charge < -0.3 is 24.6 Å². The molecule has 0 aliphatic carbocycles. The van der Waals surface area contributed by atoms with Gasteiger partial charge in [-0.3, -0.25) is 0 Å². The highest BCUT2D eigenvalue weighted by atomic mass is 16.8. The first-order valence-electron chi connectivity index (χ1n) is 7.24. The number of nitrogens with zero attached hydrogens (tertiary/aromatic N) is 3. The van der Waals surface area contributed by atoms with Crippen LogP contribution in [0.3, 0.4) is 0 Å². The molecular weight excluding hydrogens is 290 g/mol. The van der Waals surface area contributed by atoms with E-state index in [1.165, 1.54) is 11.9 Å². The average molecular weight is 316 g/mol. The van der Waals surface area contributed by atoms with Gasteiger partial charge in [-0.15, -0.1) is 5.06 Å². The SMILES string of the molecule is CCN(CC)C(=O)ON(CCC([O-])=NC)C(=O)OC(C)(C)C. The Kier molecular flexibility index (Phi) is 8.29. The van der Waals surface area contributed by atoms with Gasteiger partial charge in [0, 0.05) is 20.1 Å². The van der Waals surface area contributed by atoms with Crippen LogP contribution in [0.2, 0.25) is 0 Å².